The van der Waals surface area contributed by atoms with Crippen molar-refractivity contribution in [1.29, 1.82) is 0 Å². The monoisotopic (exact) mass is 292 g/mol. The molecule has 0 fully saturated rings. The largest absolute Gasteiger partial charge is 0.383 e. The Morgan fingerprint density at radius 3 is 2.81 bits per heavy atom. The third-order valence-corrected chi connectivity index (χ3v) is 3.93. The topological polar surface area (TPSA) is 60.3 Å². The van der Waals surface area contributed by atoms with Gasteiger partial charge in [0.2, 0.25) is 5.91 Å². The SMILES string of the molecule is COCCNC(=O)Cn1c(C)cc2c1CC(C)(C)CC2=O. The first kappa shape index (κ1) is 15.8. The third kappa shape index (κ3) is 3.53. The van der Waals surface area contributed by atoms with Crippen LogP contribution in [0.5, 0.6) is 0 Å². The summed E-state index contributed by atoms with van der Waals surface area (Å²) in [6.07, 6.45) is 1.40. The molecule has 0 radical (unpaired) electrons. The molecule has 1 aliphatic rings. The Balaban J connectivity index is 2.18. The predicted molar refractivity (Wildman–Crippen MR) is 80.5 cm³/mol. The van der Waals surface area contributed by atoms with Gasteiger partial charge < -0.3 is 14.6 Å². The van der Waals surface area contributed by atoms with Gasteiger partial charge in [0.15, 0.2) is 5.78 Å². The second-order valence-corrected chi connectivity index (χ2v) is 6.52. The van der Waals surface area contributed by atoms with Crippen molar-refractivity contribution in [2.75, 3.05) is 20.3 Å². The summed E-state index contributed by atoms with van der Waals surface area (Å²) >= 11 is 0. The summed E-state index contributed by atoms with van der Waals surface area (Å²) in [4.78, 5) is 24.2. The Morgan fingerprint density at radius 1 is 1.43 bits per heavy atom. The van der Waals surface area contributed by atoms with Crippen LogP contribution in [0.3, 0.4) is 0 Å². The predicted octanol–water partition coefficient (Wildman–Crippen LogP) is 1.71. The van der Waals surface area contributed by atoms with E-state index in [0.29, 0.717) is 19.6 Å². The van der Waals surface area contributed by atoms with Crippen LogP contribution >= 0.6 is 0 Å². The van der Waals surface area contributed by atoms with Gasteiger partial charge in [0, 0.05) is 37.0 Å². The van der Waals surface area contributed by atoms with Gasteiger partial charge in [-0.1, -0.05) is 13.8 Å². The van der Waals surface area contributed by atoms with E-state index in [1.54, 1.807) is 7.11 Å². The number of carbonyl (C=O) groups excluding carboxylic acids is 2. The number of nitrogens with one attached hydrogen (secondary N) is 1. The minimum Gasteiger partial charge on any atom is -0.383 e. The van der Waals surface area contributed by atoms with Crippen LogP contribution in [0.2, 0.25) is 0 Å². The number of fused-ring (bicyclic) bond motifs is 1. The minimum atomic E-state index is -0.0515. The van der Waals surface area contributed by atoms with Crippen LogP contribution < -0.4 is 5.32 Å². The summed E-state index contributed by atoms with van der Waals surface area (Å²) in [7, 11) is 1.60. The molecule has 5 heteroatoms. The molecular formula is C16H24N2O3. The van der Waals surface area contributed by atoms with Crippen molar-refractivity contribution in [3.63, 3.8) is 0 Å². The smallest absolute Gasteiger partial charge is 0.240 e. The van der Waals surface area contributed by atoms with E-state index in [1.165, 1.54) is 0 Å². The molecule has 1 aromatic heterocycles. The van der Waals surface area contributed by atoms with Gasteiger partial charge in [-0.05, 0) is 24.8 Å². The van der Waals surface area contributed by atoms with Crippen molar-refractivity contribution in [2.45, 2.75) is 40.2 Å². The molecule has 0 unspecified atom stereocenters. The number of nitrogens with zero attached hydrogens (tertiary/aromatic N) is 1. The fourth-order valence-electron chi connectivity index (χ4n) is 2.92. The number of rotatable bonds is 5. The van der Waals surface area contributed by atoms with Crippen LogP contribution in [0.25, 0.3) is 0 Å². The number of hydrogen-bond donors (Lipinski definition) is 1. The van der Waals surface area contributed by atoms with Crippen LogP contribution in [-0.2, 0) is 22.5 Å². The average molecular weight is 292 g/mol. The maximum Gasteiger partial charge on any atom is 0.240 e. The number of Topliss-reactive ketones (excluding diaryl/α,β-unsaturated/α-hetero) is 1. The van der Waals surface area contributed by atoms with E-state index >= 15 is 0 Å². The van der Waals surface area contributed by atoms with E-state index in [4.69, 9.17) is 4.74 Å². The molecule has 116 valence electrons. The molecule has 1 amide bonds. The number of carbonyl (C=O) groups is 2. The van der Waals surface area contributed by atoms with Gasteiger partial charge in [0.1, 0.15) is 6.54 Å². The summed E-state index contributed by atoms with van der Waals surface area (Å²) < 4.78 is 6.89. The summed E-state index contributed by atoms with van der Waals surface area (Å²) in [5.41, 5.74) is 2.71. The summed E-state index contributed by atoms with van der Waals surface area (Å²) in [5.74, 6) is 0.132. The Hall–Kier alpha value is -1.62. The van der Waals surface area contributed by atoms with Crippen molar-refractivity contribution in [3.05, 3.63) is 23.0 Å². The lowest BCUT2D eigenvalue weighted by Crippen LogP contribution is -2.33. The molecule has 0 aromatic carbocycles. The van der Waals surface area contributed by atoms with Crippen LogP contribution in [0.4, 0.5) is 0 Å². The highest BCUT2D eigenvalue weighted by Gasteiger charge is 2.34. The van der Waals surface area contributed by atoms with E-state index in [9.17, 15) is 9.59 Å². The maximum atomic E-state index is 12.2. The molecule has 2 rings (SSSR count). The standard InChI is InChI=1S/C16H24N2O3/c1-11-7-12-13(8-16(2,3)9-14(12)19)18(11)10-15(20)17-5-6-21-4/h7H,5-6,8-10H2,1-4H3,(H,17,20). The molecule has 21 heavy (non-hydrogen) atoms. The number of aryl methyl sites for hydroxylation is 1. The lowest BCUT2D eigenvalue weighted by molar-refractivity contribution is -0.121. The van der Waals surface area contributed by atoms with Crippen molar-refractivity contribution in [1.82, 2.24) is 9.88 Å². The van der Waals surface area contributed by atoms with Gasteiger partial charge >= 0.3 is 0 Å². The van der Waals surface area contributed by atoms with E-state index in [1.807, 2.05) is 17.6 Å². The first-order valence-electron chi connectivity index (χ1n) is 7.32. The van der Waals surface area contributed by atoms with Crippen LogP contribution in [0, 0.1) is 12.3 Å². The van der Waals surface area contributed by atoms with Gasteiger partial charge in [-0.3, -0.25) is 9.59 Å². The Bertz CT molecular complexity index is 558. The van der Waals surface area contributed by atoms with Crippen LogP contribution in [-0.4, -0.2) is 36.5 Å². The normalized spacial score (nSPS) is 16.7. The number of ether oxygens (including phenoxy) is 1. The lowest BCUT2D eigenvalue weighted by atomic mass is 9.76. The summed E-state index contributed by atoms with van der Waals surface area (Å²) in [5, 5.41) is 2.82. The van der Waals surface area contributed by atoms with Crippen molar-refractivity contribution >= 4 is 11.7 Å². The average Bonchev–Trinajstić information content (AvgIpc) is 2.66. The molecule has 0 atom stereocenters. The zero-order valence-corrected chi connectivity index (χ0v) is 13.3. The van der Waals surface area contributed by atoms with E-state index in [2.05, 4.69) is 19.2 Å². The van der Waals surface area contributed by atoms with Gasteiger partial charge in [-0.25, -0.2) is 0 Å². The van der Waals surface area contributed by atoms with Crippen molar-refractivity contribution < 1.29 is 14.3 Å². The Kier molecular flexibility index (Phi) is 4.52. The Morgan fingerprint density at radius 2 is 2.14 bits per heavy atom. The number of amides is 1. The van der Waals surface area contributed by atoms with Crippen LogP contribution in [0.15, 0.2) is 6.07 Å². The molecule has 0 spiro atoms. The first-order valence-corrected chi connectivity index (χ1v) is 7.32. The number of methoxy groups -OCH3 is 1. The van der Waals surface area contributed by atoms with E-state index in [0.717, 1.165) is 23.4 Å². The van der Waals surface area contributed by atoms with Crippen molar-refractivity contribution in [3.8, 4) is 0 Å². The highest BCUT2D eigenvalue weighted by Crippen LogP contribution is 2.36. The lowest BCUT2D eigenvalue weighted by Gasteiger charge is -2.29. The molecule has 1 aliphatic carbocycles. The summed E-state index contributed by atoms with van der Waals surface area (Å²) in [6.45, 7) is 7.40. The van der Waals surface area contributed by atoms with Gasteiger partial charge in [-0.15, -0.1) is 0 Å². The molecule has 0 saturated carbocycles. The first-order chi connectivity index (χ1) is 9.84. The second kappa shape index (κ2) is 6.02. The minimum absolute atomic E-state index is 0.0425. The number of aromatic nitrogens is 1. The molecule has 1 N–H and O–H groups in total. The van der Waals surface area contributed by atoms with Gasteiger partial charge in [-0.2, -0.15) is 0 Å². The Labute approximate surface area is 125 Å². The molecule has 0 saturated heterocycles. The van der Waals surface area contributed by atoms with Crippen molar-refractivity contribution in [2.24, 2.45) is 5.41 Å². The molecule has 1 heterocycles. The van der Waals surface area contributed by atoms with E-state index in [-0.39, 0.29) is 23.7 Å². The molecule has 5 nitrogen and oxygen atoms in total. The highest BCUT2D eigenvalue weighted by molar-refractivity contribution is 5.99. The molecule has 0 bridgehead atoms. The quantitative estimate of drug-likeness (QED) is 0.841. The molecule has 0 aliphatic heterocycles. The zero-order valence-electron chi connectivity index (χ0n) is 13.3. The molecule has 1 aromatic rings. The van der Waals surface area contributed by atoms with Gasteiger partial charge in [0.25, 0.3) is 0 Å². The fraction of sp³-hybridized carbons (Fsp3) is 0.625. The number of ketones is 1. The maximum absolute atomic E-state index is 12.2. The van der Waals surface area contributed by atoms with Gasteiger partial charge in [0.05, 0.1) is 6.61 Å². The van der Waals surface area contributed by atoms with Crippen LogP contribution in [0.1, 0.15) is 42.0 Å². The third-order valence-electron chi connectivity index (χ3n) is 3.93. The highest BCUT2D eigenvalue weighted by atomic mass is 16.5. The fourth-order valence-corrected chi connectivity index (χ4v) is 2.92. The number of hydrogen-bond acceptors (Lipinski definition) is 3. The molecular weight excluding hydrogens is 268 g/mol. The van der Waals surface area contributed by atoms with E-state index < -0.39 is 0 Å². The zero-order chi connectivity index (χ0) is 15.6. The second-order valence-electron chi connectivity index (χ2n) is 6.52. The summed E-state index contributed by atoms with van der Waals surface area (Å²) in [6, 6.07) is 1.91.